The Labute approximate surface area is 68.1 Å². The molecule has 0 heterocycles. The summed E-state index contributed by atoms with van der Waals surface area (Å²) in [5.74, 6) is 0. The summed E-state index contributed by atoms with van der Waals surface area (Å²) in [7, 11) is -0.352. The van der Waals surface area contributed by atoms with Gasteiger partial charge < -0.3 is 0 Å². The molecule has 0 aliphatic carbocycles. The molecule has 5 heteroatoms. The smallest absolute Gasteiger partial charge is 0.168 e. The largest absolute Gasteiger partial charge is 0.572 e. The summed E-state index contributed by atoms with van der Waals surface area (Å²) in [5, 5.41) is 0. The highest BCUT2D eigenvalue weighted by atomic mass is 31.2. The van der Waals surface area contributed by atoms with Gasteiger partial charge in [0.05, 0.1) is 14.2 Å². The third-order valence-corrected chi connectivity index (χ3v) is 2.55. The third kappa shape index (κ3) is 4.67. The van der Waals surface area contributed by atoms with Crippen LogP contribution in [0.1, 0.15) is 20.8 Å². The van der Waals surface area contributed by atoms with Gasteiger partial charge in [-0.25, -0.2) is 0 Å². The minimum Gasteiger partial charge on any atom is -0.168 e. The van der Waals surface area contributed by atoms with E-state index >= 15 is 0 Å². The molecule has 0 aliphatic rings. The van der Waals surface area contributed by atoms with Gasteiger partial charge in [-0.2, -0.15) is 13.9 Å². The van der Waals surface area contributed by atoms with Crippen molar-refractivity contribution in [2.75, 3.05) is 14.2 Å². The Bertz CT molecular complexity index is 116. The van der Waals surface area contributed by atoms with Crippen molar-refractivity contribution < 1.29 is 18.5 Å². The molecule has 0 unspecified atom stereocenters. The van der Waals surface area contributed by atoms with Gasteiger partial charge in [0.2, 0.25) is 0 Å². The highest BCUT2D eigenvalue weighted by Crippen LogP contribution is 2.59. The van der Waals surface area contributed by atoms with Crippen LogP contribution < -0.4 is 0 Å². The average Bonchev–Trinajstić information content (AvgIpc) is 1.84. The Morgan fingerprint density at radius 1 is 1.09 bits per heavy atom. The van der Waals surface area contributed by atoms with Gasteiger partial charge in [0.15, 0.2) is 0 Å². The predicted octanol–water partition coefficient (Wildman–Crippen LogP) is 1.76. The fraction of sp³-hybridized carbons (Fsp3) is 1.00. The minimum absolute atomic E-state index is 0.464. The van der Waals surface area contributed by atoms with Crippen LogP contribution in [0.2, 0.25) is 0 Å². The molecule has 0 fully saturated rings. The molecule has 0 amide bonds. The summed E-state index contributed by atoms with van der Waals surface area (Å²) in [6.45, 7) is 5.45. The van der Waals surface area contributed by atoms with Crippen molar-refractivity contribution in [3.05, 3.63) is 0 Å². The Kier molecular flexibility index (Phi) is 3.88. The molecule has 0 aromatic rings. The summed E-state index contributed by atoms with van der Waals surface area (Å²) < 4.78 is 14.5. The van der Waals surface area contributed by atoms with Crippen molar-refractivity contribution in [2.45, 2.75) is 26.4 Å². The summed E-state index contributed by atoms with van der Waals surface area (Å²) in [4.78, 5) is 9.41. The summed E-state index contributed by atoms with van der Waals surface area (Å²) in [6, 6.07) is 0. The lowest BCUT2D eigenvalue weighted by Gasteiger charge is -2.20. The second-order valence-electron chi connectivity index (χ2n) is 3.04. The maximum Gasteiger partial charge on any atom is 0.572 e. The van der Waals surface area contributed by atoms with E-state index in [0.29, 0.717) is 0 Å². The Hall–Kier alpha value is 0.270. The summed E-state index contributed by atoms with van der Waals surface area (Å²) in [5.41, 5.74) is -0.464. The second-order valence-corrected chi connectivity index (χ2v) is 4.89. The predicted molar refractivity (Wildman–Crippen MR) is 44.0 cm³/mol. The van der Waals surface area contributed by atoms with Crippen LogP contribution in [0.5, 0.6) is 0 Å². The topological polar surface area (TPSA) is 47.9 Å². The first-order valence-corrected chi connectivity index (χ1v) is 4.76. The normalized spacial score (nSPS) is 13.6. The third-order valence-electron chi connectivity index (χ3n) is 0.851. The molecule has 0 aromatic heterocycles. The van der Waals surface area contributed by atoms with Gasteiger partial charge in [-0.15, -0.1) is 4.52 Å². The van der Waals surface area contributed by atoms with Crippen LogP contribution in [0.3, 0.4) is 0 Å². The maximum absolute atomic E-state index is 9.41. The molecule has 0 radical (unpaired) electrons. The van der Waals surface area contributed by atoms with Gasteiger partial charge >= 0.3 is 8.17 Å². The first-order valence-electron chi connectivity index (χ1n) is 3.27. The molecule has 0 bridgehead atoms. The van der Waals surface area contributed by atoms with Gasteiger partial charge in [0, 0.05) is 0 Å². The molecule has 0 saturated carbocycles. The Balaban J connectivity index is 4.08. The van der Waals surface area contributed by atoms with Gasteiger partial charge in [0.1, 0.15) is 5.60 Å². The Morgan fingerprint density at radius 2 is 1.45 bits per heavy atom. The molecule has 0 aromatic carbocycles. The van der Waals surface area contributed by atoms with E-state index < -0.39 is 13.8 Å². The lowest BCUT2D eigenvalue weighted by molar-refractivity contribution is 0.0379. The lowest BCUT2D eigenvalue weighted by atomic mass is 10.2. The maximum atomic E-state index is 9.41. The second kappa shape index (κ2) is 3.78. The van der Waals surface area contributed by atoms with E-state index in [1.165, 1.54) is 14.2 Å². The van der Waals surface area contributed by atoms with Gasteiger partial charge in [-0.05, 0) is 20.8 Å². The van der Waals surface area contributed by atoms with Crippen LogP contribution in [0.15, 0.2) is 0 Å². The van der Waals surface area contributed by atoms with Gasteiger partial charge in [-0.3, -0.25) is 0 Å². The average molecular weight is 183 g/mol. The van der Waals surface area contributed by atoms with Crippen LogP contribution >= 0.6 is 8.17 Å². The molecule has 0 aliphatic heterocycles. The van der Waals surface area contributed by atoms with Crippen molar-refractivity contribution in [3.8, 4) is 0 Å². The van der Waals surface area contributed by atoms with Crippen molar-refractivity contribution in [3.63, 3.8) is 0 Å². The van der Waals surface area contributed by atoms with Crippen LogP contribution in [0.4, 0.5) is 0 Å². The molecular weight excluding hydrogens is 167 g/mol. The molecule has 0 spiro atoms. The zero-order chi connectivity index (χ0) is 9.12. The molecule has 0 rings (SSSR count). The van der Waals surface area contributed by atoms with Crippen LogP contribution in [0, 0.1) is 0 Å². The fourth-order valence-electron chi connectivity index (χ4n) is 0.495. The van der Waals surface area contributed by atoms with Crippen molar-refractivity contribution in [1.29, 1.82) is 0 Å². The van der Waals surface area contributed by atoms with Gasteiger partial charge in [-0.1, -0.05) is 0 Å². The molecule has 1 N–H and O–H groups in total. The first kappa shape index (κ1) is 11.3. The zero-order valence-electron chi connectivity index (χ0n) is 7.62. The van der Waals surface area contributed by atoms with Crippen molar-refractivity contribution in [2.24, 2.45) is 0 Å². The van der Waals surface area contributed by atoms with Crippen molar-refractivity contribution in [1.82, 2.24) is 0 Å². The molecular formula is C6H16O4P+. The Morgan fingerprint density at radius 3 is 1.55 bits per heavy atom. The van der Waals surface area contributed by atoms with E-state index in [1.54, 1.807) is 0 Å². The number of hydrogen-bond acceptors (Lipinski definition) is 4. The first-order chi connectivity index (χ1) is 4.83. The summed E-state index contributed by atoms with van der Waals surface area (Å²) in [6.07, 6.45) is 0. The van der Waals surface area contributed by atoms with Crippen molar-refractivity contribution >= 4 is 8.17 Å². The standard InChI is InChI=1S/C6H16O4P/c1-6(2,3)10-11(7,8-4)9-5/h7H,1-5H3/q+1. The SMILES string of the molecule is CO[P+](O)(OC)OC(C)(C)C. The highest BCUT2D eigenvalue weighted by molar-refractivity contribution is 7.55. The highest BCUT2D eigenvalue weighted by Gasteiger charge is 2.46. The van der Waals surface area contributed by atoms with E-state index in [-0.39, 0.29) is 0 Å². The molecule has 0 saturated heterocycles. The van der Waals surface area contributed by atoms with Crippen LogP contribution in [0.25, 0.3) is 0 Å². The molecule has 11 heavy (non-hydrogen) atoms. The van der Waals surface area contributed by atoms with Crippen LogP contribution in [-0.2, 0) is 13.6 Å². The van der Waals surface area contributed by atoms with E-state index in [0.717, 1.165) is 0 Å². The minimum atomic E-state index is -3.05. The molecule has 4 nitrogen and oxygen atoms in total. The zero-order valence-corrected chi connectivity index (χ0v) is 8.51. The monoisotopic (exact) mass is 183 g/mol. The lowest BCUT2D eigenvalue weighted by Crippen LogP contribution is -2.20. The molecule has 68 valence electrons. The fourth-order valence-corrected chi connectivity index (χ4v) is 1.49. The van der Waals surface area contributed by atoms with E-state index in [9.17, 15) is 4.89 Å². The quantitative estimate of drug-likeness (QED) is 0.677. The van der Waals surface area contributed by atoms with E-state index in [2.05, 4.69) is 9.05 Å². The number of hydrogen-bond donors (Lipinski definition) is 1. The summed E-state index contributed by atoms with van der Waals surface area (Å²) >= 11 is 0. The number of rotatable bonds is 3. The van der Waals surface area contributed by atoms with Gasteiger partial charge in [0.25, 0.3) is 0 Å². The van der Waals surface area contributed by atoms with Crippen LogP contribution in [-0.4, -0.2) is 24.7 Å². The van der Waals surface area contributed by atoms with E-state index in [4.69, 9.17) is 4.52 Å². The van der Waals surface area contributed by atoms with E-state index in [1.807, 2.05) is 20.8 Å². The molecule has 0 atom stereocenters.